The molecule has 6 aromatic rings. The van der Waals surface area contributed by atoms with Gasteiger partial charge in [-0.3, -0.25) is 4.55 Å². The van der Waals surface area contributed by atoms with Gasteiger partial charge in [0.05, 0.1) is 27.6 Å². The molecule has 0 heterocycles. The zero-order chi connectivity index (χ0) is 41.3. The highest BCUT2D eigenvalue weighted by Gasteiger charge is 2.12. The summed E-state index contributed by atoms with van der Waals surface area (Å²) in [5, 5.41) is 17.7. The Balaban J connectivity index is 0.00000153. The molecule has 0 bridgehead atoms. The first-order chi connectivity index (χ1) is 28.0. The van der Waals surface area contributed by atoms with Crippen molar-refractivity contribution in [1.82, 2.24) is 0 Å². The third-order valence-electron chi connectivity index (χ3n) is 9.12. The molecule has 1 N–H and O–H groups in total. The lowest BCUT2D eigenvalue weighted by atomic mass is 10.0. The molecule has 0 atom stereocenters. The first-order valence-electron chi connectivity index (χ1n) is 18.6. The molecule has 298 valence electrons. The van der Waals surface area contributed by atoms with E-state index in [0.29, 0.717) is 13.1 Å². The van der Waals surface area contributed by atoms with E-state index in [1.165, 1.54) is 28.8 Å². The number of azo groups is 2. The Morgan fingerprint density at radius 3 is 1.22 bits per heavy atom. The van der Waals surface area contributed by atoms with Crippen molar-refractivity contribution in [3.05, 3.63) is 174 Å². The monoisotopic (exact) mass is 816 g/mol. The normalized spacial score (nSPS) is 11.3. The highest BCUT2D eigenvalue weighted by atomic mass is 32.2. The summed E-state index contributed by atoms with van der Waals surface area (Å²) >= 11 is 0. The van der Waals surface area contributed by atoms with Crippen LogP contribution in [0.15, 0.2) is 177 Å². The van der Waals surface area contributed by atoms with Crippen LogP contribution in [-0.4, -0.2) is 38.7 Å². The highest BCUT2D eigenvalue weighted by Crippen LogP contribution is 2.26. The Hall–Kier alpha value is -6.35. The smallest absolute Gasteiger partial charge is 0.367 e. The molecule has 14 heteroatoms. The number of hydrogen-bond donors (Lipinski definition) is 1. The minimum atomic E-state index is -4.25. The van der Waals surface area contributed by atoms with E-state index in [9.17, 15) is 13.0 Å². The van der Waals surface area contributed by atoms with Crippen molar-refractivity contribution < 1.29 is 25.6 Å². The maximum atomic E-state index is 11.5. The Morgan fingerprint density at radius 2 is 0.845 bits per heavy atom. The molecular formula is C44H44N6O6S2. The molecule has 0 fully saturated rings. The fourth-order valence-electron chi connectivity index (χ4n) is 6.04. The standard InChI is InChI=1S/C44H44N6O3S.O3S/c1-3-49(32-36-9-6-5-7-10-36)42-27-23-40(24-28-42)47-45-38-19-15-34(16-20-38)13-14-35-17-21-39(22-18-35)46-48-41-25-29-43(30-26-41)50(4-2)33-37-11-8-12-44(31-37)54(51,52)53;1-4(2)3/h5-12,15-31H,3-4,13-14,32-33H2,1-2H3,(H,51,52,53);. The average Bonchev–Trinajstić information content (AvgIpc) is 3.23. The van der Waals surface area contributed by atoms with Gasteiger partial charge in [-0.15, -0.1) is 12.6 Å². The van der Waals surface area contributed by atoms with Crippen LogP contribution in [0.5, 0.6) is 0 Å². The van der Waals surface area contributed by atoms with Gasteiger partial charge in [0, 0.05) is 37.6 Å². The van der Waals surface area contributed by atoms with E-state index in [1.807, 2.05) is 79.7 Å². The molecular weight excluding hydrogens is 773 g/mol. The second-order valence-electron chi connectivity index (χ2n) is 13.1. The van der Waals surface area contributed by atoms with Gasteiger partial charge in [0.25, 0.3) is 10.1 Å². The van der Waals surface area contributed by atoms with Gasteiger partial charge in [-0.2, -0.15) is 28.9 Å². The van der Waals surface area contributed by atoms with Crippen molar-refractivity contribution in [3.8, 4) is 0 Å². The average molecular weight is 817 g/mol. The van der Waals surface area contributed by atoms with Crippen molar-refractivity contribution in [1.29, 1.82) is 0 Å². The fourth-order valence-corrected chi connectivity index (χ4v) is 6.59. The van der Waals surface area contributed by atoms with Crippen LogP contribution in [0, 0.1) is 0 Å². The summed E-state index contributed by atoms with van der Waals surface area (Å²) in [5.74, 6) is 0. The molecule has 6 rings (SSSR count). The Morgan fingerprint density at radius 1 is 0.483 bits per heavy atom. The lowest BCUT2D eigenvalue weighted by Crippen LogP contribution is -2.22. The van der Waals surface area contributed by atoms with Crippen LogP contribution in [0.4, 0.5) is 34.1 Å². The predicted octanol–water partition coefficient (Wildman–Crippen LogP) is 10.6. The van der Waals surface area contributed by atoms with Crippen LogP contribution in [0.3, 0.4) is 0 Å². The number of anilines is 2. The first kappa shape index (κ1) is 42.8. The predicted molar refractivity (Wildman–Crippen MR) is 227 cm³/mol. The summed E-state index contributed by atoms with van der Waals surface area (Å²) in [5.41, 5.74) is 9.80. The van der Waals surface area contributed by atoms with E-state index in [0.717, 1.165) is 65.6 Å². The van der Waals surface area contributed by atoms with Gasteiger partial charge in [-0.1, -0.05) is 66.7 Å². The van der Waals surface area contributed by atoms with Crippen LogP contribution >= 0.6 is 0 Å². The Bertz CT molecular complexity index is 2490. The quantitative estimate of drug-likeness (QED) is 0.0745. The van der Waals surface area contributed by atoms with E-state index in [4.69, 9.17) is 12.6 Å². The van der Waals surface area contributed by atoms with E-state index in [2.05, 4.69) is 97.8 Å². The lowest BCUT2D eigenvalue weighted by molar-refractivity contribution is 0.483. The van der Waals surface area contributed by atoms with Crippen molar-refractivity contribution in [3.63, 3.8) is 0 Å². The van der Waals surface area contributed by atoms with Crippen LogP contribution in [0.25, 0.3) is 0 Å². The summed E-state index contributed by atoms with van der Waals surface area (Å²) in [6.07, 6.45) is 1.81. The molecule has 0 radical (unpaired) electrons. The van der Waals surface area contributed by atoms with Gasteiger partial charge in [-0.05, 0) is 134 Å². The molecule has 0 unspecified atom stereocenters. The minimum Gasteiger partial charge on any atom is -0.367 e. The van der Waals surface area contributed by atoms with Gasteiger partial charge in [0.2, 0.25) is 0 Å². The van der Waals surface area contributed by atoms with E-state index in [1.54, 1.807) is 6.07 Å². The third kappa shape index (κ3) is 13.7. The molecule has 0 saturated heterocycles. The van der Waals surface area contributed by atoms with Gasteiger partial charge in [-0.25, -0.2) is 0 Å². The molecule has 0 aliphatic heterocycles. The summed E-state index contributed by atoms with van der Waals surface area (Å²) in [7, 11) is -7.36. The van der Waals surface area contributed by atoms with E-state index < -0.39 is 20.7 Å². The summed E-state index contributed by atoms with van der Waals surface area (Å²) in [6, 6.07) is 49.2. The van der Waals surface area contributed by atoms with Crippen LogP contribution in [-0.2, 0) is 46.7 Å². The Labute approximate surface area is 341 Å². The Kier molecular flexibility index (Phi) is 15.7. The number of aryl methyl sites for hydroxylation is 2. The van der Waals surface area contributed by atoms with Crippen molar-refractivity contribution >= 4 is 54.9 Å². The minimum absolute atomic E-state index is 0.110. The van der Waals surface area contributed by atoms with Gasteiger partial charge < -0.3 is 9.80 Å². The zero-order valence-corrected chi connectivity index (χ0v) is 33.8. The first-order valence-corrected chi connectivity index (χ1v) is 21.0. The largest absolute Gasteiger partial charge is 0.425 e. The van der Waals surface area contributed by atoms with E-state index in [-0.39, 0.29) is 4.90 Å². The molecule has 0 aliphatic rings. The molecule has 12 nitrogen and oxygen atoms in total. The molecule has 0 aromatic heterocycles. The number of rotatable bonds is 16. The number of nitrogens with zero attached hydrogens (tertiary/aromatic N) is 6. The fraction of sp³-hybridized carbons (Fsp3) is 0.182. The number of benzene rings is 6. The van der Waals surface area contributed by atoms with Gasteiger partial charge in [0.1, 0.15) is 0 Å². The maximum Gasteiger partial charge on any atom is 0.425 e. The molecule has 0 spiro atoms. The molecule has 0 aliphatic carbocycles. The third-order valence-corrected chi connectivity index (χ3v) is 9.97. The van der Waals surface area contributed by atoms with Crippen molar-refractivity contribution in [2.45, 2.75) is 44.7 Å². The van der Waals surface area contributed by atoms with Gasteiger partial charge in [0.15, 0.2) is 0 Å². The van der Waals surface area contributed by atoms with Crippen molar-refractivity contribution in [2.75, 3.05) is 22.9 Å². The second-order valence-corrected chi connectivity index (χ2v) is 14.9. The van der Waals surface area contributed by atoms with Crippen LogP contribution in [0.1, 0.15) is 36.1 Å². The van der Waals surface area contributed by atoms with Crippen LogP contribution in [0.2, 0.25) is 0 Å². The molecule has 0 saturated carbocycles. The van der Waals surface area contributed by atoms with Crippen LogP contribution < -0.4 is 9.80 Å². The second kappa shape index (κ2) is 21.3. The summed E-state index contributed by atoms with van der Waals surface area (Å²) < 4.78 is 57.8. The SMILES string of the molecule is CCN(Cc1ccccc1)c1ccc(N=Nc2ccc(CCc3ccc(N=Nc4ccc(N(CC)Cc5cccc(S(=O)(=O)O)c5)cc4)cc3)cc2)cc1.O=S(=O)=O. The van der Waals surface area contributed by atoms with Crippen molar-refractivity contribution in [2.24, 2.45) is 20.5 Å². The highest BCUT2D eigenvalue weighted by molar-refractivity contribution is 7.85. The summed E-state index contributed by atoms with van der Waals surface area (Å²) in [6.45, 7) is 7.19. The maximum absolute atomic E-state index is 11.5. The summed E-state index contributed by atoms with van der Waals surface area (Å²) in [4.78, 5) is 4.34. The zero-order valence-electron chi connectivity index (χ0n) is 32.2. The number of hydrogen-bond acceptors (Lipinski definition) is 11. The van der Waals surface area contributed by atoms with E-state index >= 15 is 0 Å². The topological polar surface area (TPSA) is 162 Å². The lowest BCUT2D eigenvalue weighted by Gasteiger charge is -2.23. The molecule has 6 aromatic carbocycles. The van der Waals surface area contributed by atoms with Gasteiger partial charge >= 0.3 is 10.6 Å². The molecule has 58 heavy (non-hydrogen) atoms. The molecule has 0 amide bonds.